The van der Waals surface area contributed by atoms with Crippen molar-refractivity contribution in [2.24, 2.45) is 5.10 Å². The summed E-state index contributed by atoms with van der Waals surface area (Å²) in [4.78, 5) is 0. The summed E-state index contributed by atoms with van der Waals surface area (Å²) < 4.78 is 12.4. The molecule has 9 heteroatoms. The molecule has 0 aliphatic rings. The Kier molecular flexibility index (Phi) is 5.61. The van der Waals surface area contributed by atoms with Crippen molar-refractivity contribution in [2.75, 3.05) is 14.2 Å². The molecule has 0 atom stereocenters. The van der Waals surface area contributed by atoms with Crippen molar-refractivity contribution in [3.63, 3.8) is 0 Å². The molecule has 1 aromatic heterocycles. The van der Waals surface area contributed by atoms with Gasteiger partial charge in [-0.1, -0.05) is 53.5 Å². The van der Waals surface area contributed by atoms with Crippen LogP contribution in [-0.2, 0) is 0 Å². The lowest BCUT2D eigenvalue weighted by molar-refractivity contribution is 0.394. The number of aromatic nitrogens is 3. The zero-order chi connectivity index (χ0) is 18.7. The van der Waals surface area contributed by atoms with Crippen LogP contribution in [0.2, 0.25) is 10.0 Å². The average molecular weight is 409 g/mol. The fraction of sp³-hybridized carbons (Fsp3) is 0.118. The zero-order valence-electron chi connectivity index (χ0n) is 13.9. The number of benzene rings is 2. The van der Waals surface area contributed by atoms with Crippen molar-refractivity contribution in [1.29, 1.82) is 0 Å². The number of rotatable bonds is 5. The number of nitrogens with one attached hydrogen (secondary N) is 1. The minimum Gasteiger partial charge on any atom is -0.494 e. The van der Waals surface area contributed by atoms with Crippen molar-refractivity contribution in [3.8, 4) is 22.9 Å². The first kappa shape index (κ1) is 18.4. The molecule has 0 fully saturated rings. The third-order valence-corrected chi connectivity index (χ3v) is 4.45. The predicted octanol–water partition coefficient (Wildman–Crippen LogP) is 4.81. The number of halogens is 2. The van der Waals surface area contributed by atoms with Gasteiger partial charge in [0, 0.05) is 11.1 Å². The Balaban J connectivity index is 2.08. The predicted molar refractivity (Wildman–Crippen MR) is 105 cm³/mol. The van der Waals surface area contributed by atoms with Gasteiger partial charge in [-0.3, -0.25) is 0 Å². The van der Waals surface area contributed by atoms with Crippen LogP contribution in [0.4, 0.5) is 0 Å². The van der Waals surface area contributed by atoms with Crippen molar-refractivity contribution >= 4 is 41.6 Å². The third-order valence-electron chi connectivity index (χ3n) is 3.56. The zero-order valence-corrected chi connectivity index (χ0v) is 16.2. The molecule has 0 spiro atoms. The molecule has 2 aromatic carbocycles. The summed E-state index contributed by atoms with van der Waals surface area (Å²) in [5.41, 5.74) is 1.44. The molecule has 0 radical (unpaired) electrons. The van der Waals surface area contributed by atoms with Gasteiger partial charge in [0.25, 0.3) is 0 Å². The first-order valence-corrected chi connectivity index (χ1v) is 8.60. The molecule has 0 saturated carbocycles. The molecule has 0 aliphatic carbocycles. The van der Waals surface area contributed by atoms with Crippen LogP contribution in [0.5, 0.6) is 11.5 Å². The number of ether oxygens (including phenoxy) is 2. The number of methoxy groups -OCH3 is 2. The van der Waals surface area contributed by atoms with E-state index in [1.165, 1.54) is 18.9 Å². The average Bonchev–Trinajstić information content (AvgIpc) is 3.01. The molecule has 1 N–H and O–H groups in total. The molecule has 3 aromatic rings. The van der Waals surface area contributed by atoms with Crippen LogP contribution >= 0.6 is 35.4 Å². The molecule has 1 heterocycles. The van der Waals surface area contributed by atoms with Gasteiger partial charge in [-0.05, 0) is 18.3 Å². The SMILES string of the molecule is COc1c(Cl)cc(/C=N\n2c(-c3ccccc3)n[nH]c2=S)c(OC)c1Cl. The van der Waals surface area contributed by atoms with Crippen LogP contribution in [0, 0.1) is 4.77 Å². The van der Waals surface area contributed by atoms with E-state index in [-0.39, 0.29) is 5.02 Å². The van der Waals surface area contributed by atoms with Crippen LogP contribution in [0.1, 0.15) is 5.56 Å². The van der Waals surface area contributed by atoms with E-state index in [9.17, 15) is 0 Å². The standard InChI is InChI=1S/C17H14Cl2N4O2S/c1-24-14-11(8-12(18)15(25-2)13(14)19)9-20-23-16(21-22-17(23)26)10-6-4-3-5-7-10/h3-9H,1-2H3,(H,22,26)/b20-9-. The van der Waals surface area contributed by atoms with Crippen LogP contribution in [-0.4, -0.2) is 35.3 Å². The van der Waals surface area contributed by atoms with Gasteiger partial charge in [0.2, 0.25) is 4.77 Å². The van der Waals surface area contributed by atoms with E-state index in [0.717, 1.165) is 5.56 Å². The van der Waals surface area contributed by atoms with Crippen molar-refractivity contribution < 1.29 is 9.47 Å². The van der Waals surface area contributed by atoms with Crippen molar-refractivity contribution in [1.82, 2.24) is 14.9 Å². The third kappa shape index (κ3) is 3.46. The molecule has 0 saturated heterocycles. The largest absolute Gasteiger partial charge is 0.494 e. The van der Waals surface area contributed by atoms with Crippen LogP contribution in [0.3, 0.4) is 0 Å². The van der Waals surface area contributed by atoms with Gasteiger partial charge in [-0.25, -0.2) is 5.10 Å². The Morgan fingerprint density at radius 1 is 1.15 bits per heavy atom. The molecule has 0 amide bonds. The van der Waals surface area contributed by atoms with Gasteiger partial charge in [-0.2, -0.15) is 14.9 Å². The van der Waals surface area contributed by atoms with E-state index in [1.54, 1.807) is 12.3 Å². The Bertz CT molecular complexity index is 1020. The lowest BCUT2D eigenvalue weighted by Gasteiger charge is -2.12. The molecule has 6 nitrogen and oxygen atoms in total. The Hall–Kier alpha value is -2.35. The van der Waals surface area contributed by atoms with Gasteiger partial charge < -0.3 is 9.47 Å². The highest BCUT2D eigenvalue weighted by Crippen LogP contribution is 2.41. The van der Waals surface area contributed by atoms with E-state index >= 15 is 0 Å². The second-order valence-electron chi connectivity index (χ2n) is 5.10. The van der Waals surface area contributed by atoms with Crippen molar-refractivity contribution in [2.45, 2.75) is 0 Å². The summed E-state index contributed by atoms with van der Waals surface area (Å²) in [6, 6.07) is 11.2. The van der Waals surface area contributed by atoms with Crippen LogP contribution < -0.4 is 9.47 Å². The number of nitrogens with zero attached hydrogens (tertiary/aromatic N) is 3. The Morgan fingerprint density at radius 2 is 1.85 bits per heavy atom. The number of aromatic amines is 1. The summed E-state index contributed by atoms with van der Waals surface area (Å²) >= 11 is 17.8. The normalized spacial score (nSPS) is 11.1. The summed E-state index contributed by atoms with van der Waals surface area (Å²) in [5.74, 6) is 1.32. The maximum absolute atomic E-state index is 6.30. The Labute approximate surface area is 165 Å². The number of hydrogen-bond donors (Lipinski definition) is 1. The van der Waals surface area contributed by atoms with Gasteiger partial charge in [-0.15, -0.1) is 0 Å². The minimum atomic E-state index is 0.267. The monoisotopic (exact) mass is 408 g/mol. The molecule has 0 aliphatic heterocycles. The highest BCUT2D eigenvalue weighted by atomic mass is 35.5. The number of H-pyrrole nitrogens is 1. The Morgan fingerprint density at radius 3 is 2.50 bits per heavy atom. The molecular weight excluding hydrogens is 395 g/mol. The fourth-order valence-electron chi connectivity index (χ4n) is 2.39. The minimum absolute atomic E-state index is 0.267. The van der Waals surface area contributed by atoms with Gasteiger partial charge in [0.05, 0.1) is 25.5 Å². The highest BCUT2D eigenvalue weighted by molar-refractivity contribution is 7.71. The van der Waals surface area contributed by atoms with Crippen LogP contribution in [0.15, 0.2) is 41.5 Å². The van der Waals surface area contributed by atoms with Gasteiger partial charge in [0.15, 0.2) is 11.6 Å². The van der Waals surface area contributed by atoms with Crippen molar-refractivity contribution in [3.05, 3.63) is 56.8 Å². The van der Waals surface area contributed by atoms with Gasteiger partial charge >= 0.3 is 0 Å². The lowest BCUT2D eigenvalue weighted by atomic mass is 10.2. The summed E-state index contributed by atoms with van der Waals surface area (Å²) in [6.07, 6.45) is 1.55. The summed E-state index contributed by atoms with van der Waals surface area (Å²) in [5, 5.41) is 12.0. The first-order chi connectivity index (χ1) is 12.6. The van der Waals surface area contributed by atoms with E-state index in [4.69, 9.17) is 44.9 Å². The van der Waals surface area contributed by atoms with E-state index < -0.39 is 0 Å². The first-order valence-electron chi connectivity index (χ1n) is 7.44. The molecule has 26 heavy (non-hydrogen) atoms. The van der Waals surface area contributed by atoms with E-state index in [2.05, 4.69) is 15.3 Å². The van der Waals surface area contributed by atoms with E-state index in [1.807, 2.05) is 30.3 Å². The quantitative estimate of drug-likeness (QED) is 0.485. The van der Waals surface area contributed by atoms with Gasteiger partial charge in [0.1, 0.15) is 10.8 Å². The maximum atomic E-state index is 6.30. The topological polar surface area (TPSA) is 64.4 Å². The summed E-state index contributed by atoms with van der Waals surface area (Å²) in [6.45, 7) is 0. The summed E-state index contributed by atoms with van der Waals surface area (Å²) in [7, 11) is 2.99. The van der Waals surface area contributed by atoms with Crippen LogP contribution in [0.25, 0.3) is 11.4 Å². The number of hydrogen-bond acceptors (Lipinski definition) is 5. The fourth-order valence-corrected chi connectivity index (χ4v) is 3.27. The molecule has 3 rings (SSSR count). The molecular formula is C17H14Cl2N4O2S. The maximum Gasteiger partial charge on any atom is 0.216 e. The smallest absolute Gasteiger partial charge is 0.216 e. The molecule has 0 bridgehead atoms. The molecule has 134 valence electrons. The lowest BCUT2D eigenvalue weighted by Crippen LogP contribution is -1.99. The highest BCUT2D eigenvalue weighted by Gasteiger charge is 2.17. The second kappa shape index (κ2) is 7.90. The van der Waals surface area contributed by atoms with E-state index in [0.29, 0.717) is 32.7 Å². The molecule has 0 unspecified atom stereocenters. The second-order valence-corrected chi connectivity index (χ2v) is 6.27.